The Kier molecular flexibility index (Phi) is 4.31. The lowest BCUT2D eigenvalue weighted by Gasteiger charge is -2.49. The minimum absolute atomic E-state index is 0.0233. The predicted molar refractivity (Wildman–Crippen MR) is 80.9 cm³/mol. The van der Waals surface area contributed by atoms with E-state index in [-0.39, 0.29) is 17.9 Å². The van der Waals surface area contributed by atoms with Gasteiger partial charge in [-0.05, 0) is 25.5 Å². The molecule has 0 unspecified atom stereocenters. The average molecular weight is 291 g/mol. The quantitative estimate of drug-likeness (QED) is 0.923. The van der Waals surface area contributed by atoms with E-state index in [1.165, 1.54) is 5.56 Å². The summed E-state index contributed by atoms with van der Waals surface area (Å²) >= 11 is 0. The molecule has 2 fully saturated rings. The second-order valence-electron chi connectivity index (χ2n) is 6.15. The molecule has 1 aromatic carbocycles. The van der Waals surface area contributed by atoms with E-state index >= 15 is 0 Å². The van der Waals surface area contributed by atoms with E-state index in [1.54, 1.807) is 0 Å². The highest BCUT2D eigenvalue weighted by Crippen LogP contribution is 2.47. The van der Waals surface area contributed by atoms with Gasteiger partial charge in [-0.2, -0.15) is 0 Å². The molecule has 4 nitrogen and oxygen atoms in total. The molecule has 1 spiro atoms. The molecule has 116 valence electrons. The Labute approximate surface area is 126 Å². The lowest BCUT2D eigenvalue weighted by molar-refractivity contribution is -0.195. The number of benzene rings is 1. The third kappa shape index (κ3) is 2.73. The summed E-state index contributed by atoms with van der Waals surface area (Å²) < 4.78 is 11.7. The van der Waals surface area contributed by atoms with Crippen molar-refractivity contribution in [2.75, 3.05) is 33.4 Å². The first-order valence-corrected chi connectivity index (χ1v) is 7.86. The number of hydrogen-bond acceptors (Lipinski definition) is 4. The molecule has 1 N–H and O–H groups in total. The summed E-state index contributed by atoms with van der Waals surface area (Å²) in [6.45, 7) is 2.29. The van der Waals surface area contributed by atoms with Crippen molar-refractivity contribution >= 4 is 0 Å². The van der Waals surface area contributed by atoms with Crippen molar-refractivity contribution in [3.05, 3.63) is 35.9 Å². The van der Waals surface area contributed by atoms with Gasteiger partial charge in [0.05, 0.1) is 19.8 Å². The van der Waals surface area contributed by atoms with Gasteiger partial charge in [0.1, 0.15) is 0 Å². The number of rotatable bonds is 4. The largest absolute Gasteiger partial charge is 0.395 e. The van der Waals surface area contributed by atoms with E-state index < -0.39 is 0 Å². The molecule has 1 aliphatic heterocycles. The maximum atomic E-state index is 9.34. The molecule has 1 saturated heterocycles. The number of nitrogens with zero attached hydrogens (tertiary/aromatic N) is 1. The molecule has 0 radical (unpaired) electrons. The first kappa shape index (κ1) is 15.0. The van der Waals surface area contributed by atoms with Gasteiger partial charge in [0, 0.05) is 24.9 Å². The second kappa shape index (κ2) is 6.05. The van der Waals surface area contributed by atoms with Crippen LogP contribution < -0.4 is 0 Å². The van der Waals surface area contributed by atoms with Gasteiger partial charge in [0.15, 0.2) is 5.79 Å². The fourth-order valence-corrected chi connectivity index (χ4v) is 3.83. The fraction of sp³-hybridized carbons (Fsp3) is 0.647. The summed E-state index contributed by atoms with van der Waals surface area (Å²) in [5, 5.41) is 9.34. The number of hydrogen-bond donors (Lipinski definition) is 1. The van der Waals surface area contributed by atoms with E-state index in [1.807, 2.05) is 0 Å². The molecule has 2 aliphatic rings. The van der Waals surface area contributed by atoms with Gasteiger partial charge < -0.3 is 14.6 Å². The summed E-state index contributed by atoms with van der Waals surface area (Å²) in [7, 11) is 2.11. The molecule has 4 heteroatoms. The average Bonchev–Trinajstić information content (AvgIpc) is 2.98. The molecule has 1 heterocycles. The Morgan fingerprint density at radius 1 is 1.05 bits per heavy atom. The molecular weight excluding hydrogens is 266 g/mol. The van der Waals surface area contributed by atoms with E-state index in [0.717, 1.165) is 25.7 Å². The molecule has 21 heavy (non-hydrogen) atoms. The SMILES string of the molecule is CN(CCO)C1(c2ccccc2)CCC2(CC1)OCCO2. The highest BCUT2D eigenvalue weighted by molar-refractivity contribution is 5.26. The van der Waals surface area contributed by atoms with Crippen LogP contribution in [0.25, 0.3) is 0 Å². The van der Waals surface area contributed by atoms with Crippen molar-refractivity contribution in [3.63, 3.8) is 0 Å². The van der Waals surface area contributed by atoms with E-state index in [2.05, 4.69) is 42.3 Å². The third-order valence-electron chi connectivity index (χ3n) is 5.13. The molecule has 0 aromatic heterocycles. The van der Waals surface area contributed by atoms with E-state index in [4.69, 9.17) is 9.47 Å². The normalized spacial score (nSPS) is 23.8. The molecule has 1 saturated carbocycles. The maximum absolute atomic E-state index is 9.34. The van der Waals surface area contributed by atoms with Crippen LogP contribution in [0.4, 0.5) is 0 Å². The van der Waals surface area contributed by atoms with Crippen LogP contribution in [-0.2, 0) is 15.0 Å². The van der Waals surface area contributed by atoms with E-state index in [0.29, 0.717) is 19.8 Å². The zero-order valence-corrected chi connectivity index (χ0v) is 12.8. The van der Waals surface area contributed by atoms with Crippen LogP contribution in [0.2, 0.25) is 0 Å². The zero-order chi connectivity index (χ0) is 14.8. The Morgan fingerprint density at radius 3 is 2.24 bits per heavy atom. The van der Waals surface area contributed by atoms with Gasteiger partial charge in [-0.1, -0.05) is 30.3 Å². The number of likely N-dealkylation sites (N-methyl/N-ethyl adjacent to an activating group) is 1. The smallest absolute Gasteiger partial charge is 0.168 e. The van der Waals surface area contributed by atoms with Crippen LogP contribution in [0, 0.1) is 0 Å². The van der Waals surface area contributed by atoms with Gasteiger partial charge in [-0.3, -0.25) is 4.90 Å². The summed E-state index contributed by atoms with van der Waals surface area (Å²) in [6, 6.07) is 10.6. The van der Waals surface area contributed by atoms with Gasteiger partial charge in [-0.15, -0.1) is 0 Å². The Hall–Kier alpha value is -0.940. The lowest BCUT2D eigenvalue weighted by Crippen LogP contribution is -2.51. The van der Waals surface area contributed by atoms with Crippen LogP contribution in [0.5, 0.6) is 0 Å². The van der Waals surface area contributed by atoms with E-state index in [9.17, 15) is 5.11 Å². The fourth-order valence-electron chi connectivity index (χ4n) is 3.83. The second-order valence-corrected chi connectivity index (χ2v) is 6.15. The molecule has 0 atom stereocenters. The molecular formula is C17H25NO3. The molecule has 1 aromatic rings. The van der Waals surface area contributed by atoms with Crippen LogP contribution in [0.1, 0.15) is 31.2 Å². The summed E-state index contributed by atoms with van der Waals surface area (Å²) in [5.41, 5.74) is 1.30. The minimum atomic E-state index is -0.349. The predicted octanol–water partition coefficient (Wildman–Crippen LogP) is 2.12. The Balaban J connectivity index is 1.85. The summed E-state index contributed by atoms with van der Waals surface area (Å²) in [5.74, 6) is -0.349. The van der Waals surface area contributed by atoms with Gasteiger partial charge in [0.25, 0.3) is 0 Å². The number of aliphatic hydroxyl groups excluding tert-OH is 1. The third-order valence-corrected chi connectivity index (χ3v) is 5.13. The highest BCUT2D eigenvalue weighted by Gasteiger charge is 2.48. The van der Waals surface area contributed by atoms with Crippen LogP contribution in [-0.4, -0.2) is 49.2 Å². The molecule has 1 aliphatic carbocycles. The van der Waals surface area contributed by atoms with Gasteiger partial charge >= 0.3 is 0 Å². The standard InChI is InChI=1S/C17H25NO3/c1-18(11-12-19)16(15-5-3-2-4-6-15)7-9-17(10-8-16)20-13-14-21-17/h2-6,19H,7-14H2,1H3. The van der Waals surface area contributed by atoms with Gasteiger partial charge in [-0.25, -0.2) is 0 Å². The zero-order valence-electron chi connectivity index (χ0n) is 12.8. The highest BCUT2D eigenvalue weighted by atomic mass is 16.7. The molecule has 0 bridgehead atoms. The summed E-state index contributed by atoms with van der Waals surface area (Å²) in [6.07, 6.45) is 3.82. The number of aliphatic hydroxyl groups is 1. The Morgan fingerprint density at radius 2 is 1.67 bits per heavy atom. The van der Waals surface area contributed by atoms with Crippen LogP contribution >= 0.6 is 0 Å². The van der Waals surface area contributed by atoms with Crippen molar-refractivity contribution in [3.8, 4) is 0 Å². The van der Waals surface area contributed by atoms with Crippen molar-refractivity contribution in [2.24, 2.45) is 0 Å². The van der Waals surface area contributed by atoms with Crippen molar-refractivity contribution < 1.29 is 14.6 Å². The van der Waals surface area contributed by atoms with Crippen LogP contribution in [0.15, 0.2) is 30.3 Å². The molecule has 3 rings (SSSR count). The first-order chi connectivity index (χ1) is 10.2. The molecule has 0 amide bonds. The van der Waals surface area contributed by atoms with Crippen molar-refractivity contribution in [1.29, 1.82) is 0 Å². The Bertz CT molecular complexity index is 446. The van der Waals surface area contributed by atoms with Crippen molar-refractivity contribution in [1.82, 2.24) is 4.90 Å². The monoisotopic (exact) mass is 291 g/mol. The summed E-state index contributed by atoms with van der Waals surface area (Å²) in [4.78, 5) is 2.30. The first-order valence-electron chi connectivity index (χ1n) is 7.86. The van der Waals surface area contributed by atoms with Crippen LogP contribution in [0.3, 0.4) is 0 Å². The van der Waals surface area contributed by atoms with Crippen molar-refractivity contribution in [2.45, 2.75) is 37.0 Å². The maximum Gasteiger partial charge on any atom is 0.168 e. The lowest BCUT2D eigenvalue weighted by atomic mass is 9.73. The van der Waals surface area contributed by atoms with Gasteiger partial charge in [0.2, 0.25) is 0 Å². The minimum Gasteiger partial charge on any atom is -0.395 e. The topological polar surface area (TPSA) is 41.9 Å². The number of ether oxygens (including phenoxy) is 2.